The molecule has 1 aromatic heterocycles. The molecule has 0 radical (unpaired) electrons. The van der Waals surface area contributed by atoms with Crippen LogP contribution in [0, 0.1) is 0 Å². The molecule has 0 bridgehead atoms. The molecule has 0 saturated carbocycles. The summed E-state index contributed by atoms with van der Waals surface area (Å²) in [7, 11) is 0. The molecule has 10 heteroatoms. The molecule has 194 valence electrons. The topological polar surface area (TPSA) is 78.8 Å². The molecule has 1 N–H and O–H groups in total. The molecule has 0 aliphatic carbocycles. The van der Waals surface area contributed by atoms with Crippen LogP contribution >= 0.6 is 27.5 Å². The first-order valence-electron chi connectivity index (χ1n) is 12.9. The van der Waals surface area contributed by atoms with Crippen molar-refractivity contribution >= 4 is 51.6 Å². The van der Waals surface area contributed by atoms with E-state index in [4.69, 9.17) is 31.3 Å². The third-order valence-corrected chi connectivity index (χ3v) is 7.28. The van der Waals surface area contributed by atoms with E-state index in [-0.39, 0.29) is 0 Å². The fourth-order valence-corrected chi connectivity index (χ4v) is 5.03. The molecule has 0 amide bonds. The van der Waals surface area contributed by atoms with E-state index in [1.807, 2.05) is 42.5 Å². The molecule has 0 unspecified atom stereocenters. The minimum atomic E-state index is 0.429. The van der Waals surface area contributed by atoms with E-state index in [1.165, 1.54) is 12.8 Å². The lowest BCUT2D eigenvalue weighted by atomic mass is 10.1. The van der Waals surface area contributed by atoms with Gasteiger partial charge < -0.3 is 14.5 Å². The van der Waals surface area contributed by atoms with E-state index in [0.717, 1.165) is 85.1 Å². The average molecular weight is 585 g/mol. The van der Waals surface area contributed by atoms with Crippen molar-refractivity contribution in [3.63, 3.8) is 0 Å². The standard InChI is InChI=1S/C27H31BrClN7O/c28-22-9-12-24(37-19-20-7-10-23(29)11-8-20)21(17-22)18-30-34-25-31-26(35-13-3-1-4-14-35)33-27(32-25)36-15-5-2-6-16-36/h7-12,17-18H,1-6,13-16,19H2,(H,31,32,33,34)/b30-18-. The Morgan fingerprint density at radius 2 is 1.49 bits per heavy atom. The van der Waals surface area contributed by atoms with Crippen molar-refractivity contribution in [1.82, 2.24) is 15.0 Å². The number of hydrazone groups is 1. The third kappa shape index (κ3) is 7.11. The Labute approximate surface area is 231 Å². The maximum Gasteiger partial charge on any atom is 0.250 e. The van der Waals surface area contributed by atoms with Crippen LogP contribution in [0.3, 0.4) is 0 Å². The molecule has 3 heterocycles. The van der Waals surface area contributed by atoms with Gasteiger partial charge in [-0.2, -0.15) is 20.1 Å². The molecule has 2 aliphatic rings. The number of ether oxygens (including phenoxy) is 1. The second-order valence-corrected chi connectivity index (χ2v) is 10.7. The van der Waals surface area contributed by atoms with E-state index in [0.29, 0.717) is 17.6 Å². The van der Waals surface area contributed by atoms with Crippen molar-refractivity contribution in [2.45, 2.75) is 45.1 Å². The molecule has 0 spiro atoms. The van der Waals surface area contributed by atoms with Gasteiger partial charge in [0.15, 0.2) is 0 Å². The number of halogens is 2. The highest BCUT2D eigenvalue weighted by Crippen LogP contribution is 2.25. The van der Waals surface area contributed by atoms with Gasteiger partial charge in [-0.1, -0.05) is 39.7 Å². The highest BCUT2D eigenvalue weighted by atomic mass is 79.9. The zero-order chi connectivity index (χ0) is 25.5. The Balaban J connectivity index is 1.33. The quantitative estimate of drug-likeness (QED) is 0.246. The minimum Gasteiger partial charge on any atom is -0.488 e. The summed E-state index contributed by atoms with van der Waals surface area (Å²) in [6.07, 6.45) is 8.88. The van der Waals surface area contributed by atoms with E-state index >= 15 is 0 Å². The molecule has 8 nitrogen and oxygen atoms in total. The van der Waals surface area contributed by atoms with Gasteiger partial charge in [0.2, 0.25) is 17.8 Å². The van der Waals surface area contributed by atoms with Crippen molar-refractivity contribution in [2.75, 3.05) is 41.4 Å². The molecular formula is C27H31BrClN7O. The lowest BCUT2D eigenvalue weighted by molar-refractivity contribution is 0.306. The molecular weight excluding hydrogens is 554 g/mol. The van der Waals surface area contributed by atoms with Gasteiger partial charge in [0.1, 0.15) is 12.4 Å². The second-order valence-electron chi connectivity index (χ2n) is 9.32. The Morgan fingerprint density at radius 1 is 0.865 bits per heavy atom. The molecule has 5 rings (SSSR count). The number of nitrogens with one attached hydrogen (secondary N) is 1. The first kappa shape index (κ1) is 25.7. The van der Waals surface area contributed by atoms with Crippen molar-refractivity contribution in [3.8, 4) is 5.75 Å². The van der Waals surface area contributed by atoms with E-state index < -0.39 is 0 Å². The Morgan fingerprint density at radius 3 is 2.11 bits per heavy atom. The number of hydrogen-bond acceptors (Lipinski definition) is 8. The van der Waals surface area contributed by atoms with Gasteiger partial charge in [-0.15, -0.1) is 0 Å². The van der Waals surface area contributed by atoms with Crippen LogP contribution in [0.1, 0.15) is 49.7 Å². The molecule has 37 heavy (non-hydrogen) atoms. The van der Waals surface area contributed by atoms with E-state index in [2.05, 4.69) is 36.3 Å². The summed E-state index contributed by atoms with van der Waals surface area (Å²) in [5.74, 6) is 2.62. The SMILES string of the molecule is Clc1ccc(COc2ccc(Br)cc2/C=N\Nc2nc(N3CCCCC3)nc(N3CCCCC3)n2)cc1. The van der Waals surface area contributed by atoms with E-state index in [9.17, 15) is 0 Å². The Kier molecular flexibility index (Phi) is 8.73. The number of nitrogens with zero attached hydrogens (tertiary/aromatic N) is 6. The van der Waals surface area contributed by atoms with Gasteiger partial charge in [-0.3, -0.25) is 0 Å². The van der Waals surface area contributed by atoms with Crippen LogP contribution in [0.25, 0.3) is 0 Å². The first-order chi connectivity index (χ1) is 18.1. The fraction of sp³-hybridized carbons (Fsp3) is 0.407. The number of benzene rings is 2. The molecule has 2 saturated heterocycles. The summed E-state index contributed by atoms with van der Waals surface area (Å²) in [4.78, 5) is 18.8. The predicted molar refractivity (Wildman–Crippen MR) is 153 cm³/mol. The molecule has 3 aromatic rings. The summed E-state index contributed by atoms with van der Waals surface area (Å²) in [6, 6.07) is 13.5. The van der Waals surface area contributed by atoms with E-state index in [1.54, 1.807) is 6.21 Å². The van der Waals surface area contributed by atoms with Gasteiger partial charge in [-0.05, 0) is 74.4 Å². The van der Waals surface area contributed by atoms with Gasteiger partial charge >= 0.3 is 0 Å². The van der Waals surface area contributed by atoms with Crippen molar-refractivity contribution < 1.29 is 4.74 Å². The zero-order valence-corrected chi connectivity index (χ0v) is 23.1. The lowest BCUT2D eigenvalue weighted by Crippen LogP contribution is -2.34. The third-order valence-electron chi connectivity index (χ3n) is 6.54. The van der Waals surface area contributed by atoms with Crippen molar-refractivity contribution in [2.24, 2.45) is 5.10 Å². The molecule has 2 aromatic carbocycles. The number of anilines is 3. The molecule has 2 aliphatic heterocycles. The second kappa shape index (κ2) is 12.6. The first-order valence-corrected chi connectivity index (χ1v) is 14.0. The summed E-state index contributed by atoms with van der Waals surface area (Å²) < 4.78 is 7.02. The van der Waals surface area contributed by atoms with Crippen molar-refractivity contribution in [1.29, 1.82) is 0 Å². The van der Waals surface area contributed by atoms with Crippen LogP contribution in [-0.2, 0) is 6.61 Å². The van der Waals surface area contributed by atoms with Crippen LogP contribution in [0.2, 0.25) is 5.02 Å². The number of hydrogen-bond donors (Lipinski definition) is 1. The normalized spacial score (nSPS) is 16.3. The Bertz CT molecular complexity index is 1180. The zero-order valence-electron chi connectivity index (χ0n) is 20.7. The van der Waals surface area contributed by atoms with Crippen LogP contribution in [-0.4, -0.2) is 47.3 Å². The molecule has 0 atom stereocenters. The van der Waals surface area contributed by atoms with Crippen LogP contribution in [0.15, 0.2) is 52.0 Å². The van der Waals surface area contributed by atoms with Gasteiger partial charge in [0.25, 0.3) is 0 Å². The smallest absolute Gasteiger partial charge is 0.250 e. The lowest BCUT2D eigenvalue weighted by Gasteiger charge is -2.30. The van der Waals surface area contributed by atoms with Gasteiger partial charge in [0, 0.05) is 41.2 Å². The fourth-order valence-electron chi connectivity index (χ4n) is 4.53. The summed E-state index contributed by atoms with van der Waals surface area (Å²) in [6.45, 7) is 4.31. The average Bonchev–Trinajstić information content (AvgIpc) is 2.94. The maximum absolute atomic E-state index is 6.08. The van der Waals surface area contributed by atoms with Crippen LogP contribution in [0.4, 0.5) is 17.8 Å². The number of aromatic nitrogens is 3. The summed E-state index contributed by atoms with van der Waals surface area (Å²) in [5.41, 5.74) is 4.91. The monoisotopic (exact) mass is 583 g/mol. The van der Waals surface area contributed by atoms with Gasteiger partial charge in [-0.25, -0.2) is 5.43 Å². The summed E-state index contributed by atoms with van der Waals surface area (Å²) >= 11 is 9.55. The number of rotatable bonds is 8. The predicted octanol–water partition coefficient (Wildman–Crippen LogP) is 6.29. The van der Waals surface area contributed by atoms with Crippen molar-refractivity contribution in [3.05, 3.63) is 63.1 Å². The number of piperidine rings is 2. The summed E-state index contributed by atoms with van der Waals surface area (Å²) in [5, 5.41) is 5.17. The highest BCUT2D eigenvalue weighted by molar-refractivity contribution is 9.10. The Hall–Kier alpha value is -2.91. The van der Waals surface area contributed by atoms with Crippen LogP contribution in [0.5, 0.6) is 5.75 Å². The molecule has 2 fully saturated rings. The highest BCUT2D eigenvalue weighted by Gasteiger charge is 2.20. The van der Waals surface area contributed by atoms with Crippen LogP contribution < -0.4 is 20.0 Å². The largest absolute Gasteiger partial charge is 0.488 e. The van der Waals surface area contributed by atoms with Gasteiger partial charge in [0.05, 0.1) is 6.21 Å². The maximum atomic E-state index is 6.08. The minimum absolute atomic E-state index is 0.429.